The van der Waals surface area contributed by atoms with Gasteiger partial charge in [0.15, 0.2) is 0 Å². The van der Waals surface area contributed by atoms with Gasteiger partial charge < -0.3 is 15.2 Å². The predicted octanol–water partition coefficient (Wildman–Crippen LogP) is 1.87. The molecule has 0 radical (unpaired) electrons. The summed E-state index contributed by atoms with van der Waals surface area (Å²) in [5.74, 6) is -0.619. The lowest BCUT2D eigenvalue weighted by Gasteiger charge is -2.11. The zero-order chi connectivity index (χ0) is 15.2. The Bertz CT molecular complexity index is 431. The van der Waals surface area contributed by atoms with Crippen LogP contribution in [0.4, 0.5) is 13.2 Å². The number of ether oxygens (including phenoxy) is 1. The Morgan fingerprint density at radius 3 is 2.45 bits per heavy atom. The molecular weight excluding hydrogens is 275 g/mol. The number of nitrogens with one attached hydrogen (secondary N) is 1. The summed E-state index contributed by atoms with van der Waals surface area (Å²) in [5, 5.41) is 11.4. The maximum Gasteiger partial charge on any atom is 0.573 e. The molecule has 0 aliphatic heterocycles. The standard InChI is InChI=1S/C13H16F3NO3/c1-9(8-18)7-17-12(19)6-10-2-4-11(5-3-10)20-13(14,15)16/h2-5,9,18H,6-8H2,1H3,(H,17,19). The van der Waals surface area contributed by atoms with Crippen LogP contribution < -0.4 is 10.1 Å². The van der Waals surface area contributed by atoms with Crippen molar-refractivity contribution in [2.75, 3.05) is 13.2 Å². The van der Waals surface area contributed by atoms with Crippen LogP contribution >= 0.6 is 0 Å². The second-order valence-electron chi connectivity index (χ2n) is 4.46. The Labute approximate surface area is 114 Å². The van der Waals surface area contributed by atoms with Gasteiger partial charge >= 0.3 is 6.36 Å². The molecule has 0 bridgehead atoms. The lowest BCUT2D eigenvalue weighted by molar-refractivity contribution is -0.274. The molecular formula is C13H16F3NO3. The Hall–Kier alpha value is -1.76. The maximum absolute atomic E-state index is 12.0. The molecule has 112 valence electrons. The van der Waals surface area contributed by atoms with E-state index in [-0.39, 0.29) is 30.6 Å². The molecule has 0 spiro atoms. The summed E-state index contributed by atoms with van der Waals surface area (Å²) in [5.41, 5.74) is 0.577. The van der Waals surface area contributed by atoms with E-state index in [4.69, 9.17) is 5.11 Å². The van der Waals surface area contributed by atoms with Crippen molar-refractivity contribution in [1.29, 1.82) is 0 Å². The fraction of sp³-hybridized carbons (Fsp3) is 0.462. The smallest absolute Gasteiger partial charge is 0.406 e. The van der Waals surface area contributed by atoms with Gasteiger partial charge in [0, 0.05) is 13.2 Å². The van der Waals surface area contributed by atoms with Crippen molar-refractivity contribution in [2.24, 2.45) is 5.92 Å². The highest BCUT2D eigenvalue weighted by Crippen LogP contribution is 2.22. The Morgan fingerprint density at radius 2 is 1.95 bits per heavy atom. The van der Waals surface area contributed by atoms with E-state index in [1.807, 2.05) is 0 Å². The first-order valence-corrected chi connectivity index (χ1v) is 6.02. The fourth-order valence-corrected chi connectivity index (χ4v) is 1.41. The molecule has 1 aromatic carbocycles. The van der Waals surface area contributed by atoms with E-state index in [9.17, 15) is 18.0 Å². The van der Waals surface area contributed by atoms with Crippen LogP contribution in [0.1, 0.15) is 12.5 Å². The average Bonchev–Trinajstić information content (AvgIpc) is 2.36. The first-order chi connectivity index (χ1) is 9.30. The highest BCUT2D eigenvalue weighted by molar-refractivity contribution is 5.78. The topological polar surface area (TPSA) is 58.6 Å². The van der Waals surface area contributed by atoms with E-state index >= 15 is 0 Å². The number of halogens is 3. The van der Waals surface area contributed by atoms with E-state index in [1.54, 1.807) is 6.92 Å². The molecule has 1 rings (SSSR count). The van der Waals surface area contributed by atoms with Gasteiger partial charge in [-0.05, 0) is 23.6 Å². The van der Waals surface area contributed by atoms with Gasteiger partial charge in [0.05, 0.1) is 6.42 Å². The maximum atomic E-state index is 12.0. The second-order valence-corrected chi connectivity index (χ2v) is 4.46. The lowest BCUT2D eigenvalue weighted by Crippen LogP contribution is -2.30. The van der Waals surface area contributed by atoms with Crippen LogP contribution in [0.5, 0.6) is 5.75 Å². The molecule has 1 unspecified atom stereocenters. The first kappa shape index (κ1) is 16.3. The van der Waals surface area contributed by atoms with E-state index in [0.29, 0.717) is 12.1 Å². The van der Waals surface area contributed by atoms with E-state index in [0.717, 1.165) is 12.1 Å². The molecule has 0 aromatic heterocycles. The highest BCUT2D eigenvalue weighted by atomic mass is 19.4. The Morgan fingerprint density at radius 1 is 1.35 bits per heavy atom. The molecule has 1 aromatic rings. The first-order valence-electron chi connectivity index (χ1n) is 6.02. The molecule has 20 heavy (non-hydrogen) atoms. The summed E-state index contributed by atoms with van der Waals surface area (Å²) in [6.45, 7) is 2.11. The van der Waals surface area contributed by atoms with Crippen LogP contribution in [-0.2, 0) is 11.2 Å². The third-order valence-electron chi connectivity index (χ3n) is 2.48. The number of carbonyl (C=O) groups is 1. The van der Waals surface area contributed by atoms with Crippen LogP contribution in [0.25, 0.3) is 0 Å². The number of hydrogen-bond acceptors (Lipinski definition) is 3. The van der Waals surface area contributed by atoms with E-state index in [1.165, 1.54) is 12.1 Å². The number of carbonyl (C=O) groups excluding carboxylic acids is 1. The monoisotopic (exact) mass is 291 g/mol. The largest absolute Gasteiger partial charge is 0.573 e. The van der Waals surface area contributed by atoms with Gasteiger partial charge in [-0.3, -0.25) is 4.79 Å². The van der Waals surface area contributed by atoms with Gasteiger partial charge in [-0.1, -0.05) is 19.1 Å². The summed E-state index contributed by atoms with van der Waals surface area (Å²) in [6, 6.07) is 5.12. The fourth-order valence-electron chi connectivity index (χ4n) is 1.41. The van der Waals surface area contributed by atoms with Crippen LogP contribution in [0.2, 0.25) is 0 Å². The van der Waals surface area contributed by atoms with Gasteiger partial charge in [0.25, 0.3) is 0 Å². The minimum Gasteiger partial charge on any atom is -0.406 e. The number of amides is 1. The summed E-state index contributed by atoms with van der Waals surface area (Å²) in [4.78, 5) is 11.5. The third-order valence-corrected chi connectivity index (χ3v) is 2.48. The molecule has 0 aliphatic carbocycles. The van der Waals surface area contributed by atoms with Crippen molar-refractivity contribution in [1.82, 2.24) is 5.32 Å². The van der Waals surface area contributed by atoms with Crippen molar-refractivity contribution in [3.8, 4) is 5.75 Å². The number of hydrogen-bond donors (Lipinski definition) is 2. The number of alkyl halides is 3. The van der Waals surface area contributed by atoms with Crippen LogP contribution in [0.3, 0.4) is 0 Å². The van der Waals surface area contributed by atoms with E-state index in [2.05, 4.69) is 10.1 Å². The van der Waals surface area contributed by atoms with Crippen molar-refractivity contribution >= 4 is 5.91 Å². The average molecular weight is 291 g/mol. The third kappa shape index (κ3) is 6.42. The second kappa shape index (κ2) is 7.14. The van der Waals surface area contributed by atoms with Gasteiger partial charge in [-0.2, -0.15) is 0 Å². The minimum absolute atomic E-state index is 0.0240. The minimum atomic E-state index is -4.72. The number of aliphatic hydroxyl groups is 1. The molecule has 0 saturated carbocycles. The summed E-state index contributed by atoms with van der Waals surface area (Å²) in [7, 11) is 0. The van der Waals surface area contributed by atoms with Crippen LogP contribution in [0.15, 0.2) is 24.3 Å². The Kier molecular flexibility index (Phi) is 5.82. The van der Waals surface area contributed by atoms with Gasteiger partial charge in [-0.25, -0.2) is 0 Å². The molecule has 0 aliphatic rings. The number of rotatable bonds is 6. The quantitative estimate of drug-likeness (QED) is 0.841. The molecule has 0 fully saturated rings. The van der Waals surface area contributed by atoms with Crippen LogP contribution in [-0.4, -0.2) is 30.5 Å². The SMILES string of the molecule is CC(CO)CNC(=O)Cc1ccc(OC(F)(F)F)cc1. The lowest BCUT2D eigenvalue weighted by atomic mass is 10.1. The van der Waals surface area contributed by atoms with E-state index < -0.39 is 6.36 Å². The van der Waals surface area contributed by atoms with Gasteiger partial charge in [0.2, 0.25) is 5.91 Å². The van der Waals surface area contributed by atoms with Crippen molar-refractivity contribution in [3.05, 3.63) is 29.8 Å². The summed E-state index contributed by atoms with van der Waals surface area (Å²) < 4.78 is 39.6. The van der Waals surface area contributed by atoms with Crippen molar-refractivity contribution in [2.45, 2.75) is 19.7 Å². The van der Waals surface area contributed by atoms with Gasteiger partial charge in [0.1, 0.15) is 5.75 Å². The Balaban J connectivity index is 2.47. The van der Waals surface area contributed by atoms with Crippen molar-refractivity contribution in [3.63, 3.8) is 0 Å². The molecule has 0 heterocycles. The zero-order valence-corrected chi connectivity index (χ0v) is 10.9. The van der Waals surface area contributed by atoms with Gasteiger partial charge in [-0.15, -0.1) is 13.2 Å². The summed E-state index contributed by atoms with van der Waals surface area (Å²) in [6.07, 6.45) is -4.66. The molecule has 7 heteroatoms. The predicted molar refractivity (Wildman–Crippen MR) is 66.1 cm³/mol. The number of aliphatic hydroxyl groups excluding tert-OH is 1. The normalized spacial score (nSPS) is 12.8. The van der Waals surface area contributed by atoms with Crippen molar-refractivity contribution < 1.29 is 27.8 Å². The number of benzene rings is 1. The molecule has 4 nitrogen and oxygen atoms in total. The summed E-state index contributed by atoms with van der Waals surface area (Å²) >= 11 is 0. The molecule has 1 amide bonds. The molecule has 0 saturated heterocycles. The molecule has 1 atom stereocenters. The van der Waals surface area contributed by atoms with Crippen LogP contribution in [0, 0.1) is 5.92 Å². The zero-order valence-electron chi connectivity index (χ0n) is 10.9. The molecule has 2 N–H and O–H groups in total. The highest BCUT2D eigenvalue weighted by Gasteiger charge is 2.30.